The molecule has 1 aromatic rings. The van der Waals surface area contributed by atoms with Gasteiger partial charge in [-0.3, -0.25) is 0 Å². The van der Waals surface area contributed by atoms with Crippen LogP contribution in [-0.4, -0.2) is 32.9 Å². The summed E-state index contributed by atoms with van der Waals surface area (Å²) in [5.41, 5.74) is 0.642. The van der Waals surface area contributed by atoms with Crippen LogP contribution in [0.5, 0.6) is 0 Å². The molecule has 0 spiro atoms. The summed E-state index contributed by atoms with van der Waals surface area (Å²) in [6, 6.07) is 3.88. The monoisotopic (exact) mass is 261 g/mol. The number of rotatable bonds is 5. The molecule has 1 aromatic carbocycles. The van der Waals surface area contributed by atoms with Crippen molar-refractivity contribution in [1.82, 2.24) is 5.32 Å². The van der Waals surface area contributed by atoms with Crippen molar-refractivity contribution in [3.05, 3.63) is 29.6 Å². The Balaban J connectivity index is 2.97. The van der Waals surface area contributed by atoms with Gasteiger partial charge in [-0.05, 0) is 24.6 Å². The maximum atomic E-state index is 13.6. The van der Waals surface area contributed by atoms with Gasteiger partial charge in [-0.2, -0.15) is 0 Å². The molecular formula is C11H16FNO3S. The first-order valence-electron chi connectivity index (χ1n) is 5.20. The average molecular weight is 261 g/mol. The first-order chi connectivity index (χ1) is 7.86. The van der Waals surface area contributed by atoms with E-state index in [9.17, 15) is 12.8 Å². The summed E-state index contributed by atoms with van der Waals surface area (Å²) in [5, 5.41) is 11.6. The largest absolute Gasteiger partial charge is 0.395 e. The third-order valence-corrected chi connectivity index (χ3v) is 3.55. The Morgan fingerprint density at radius 2 is 2.12 bits per heavy atom. The summed E-state index contributed by atoms with van der Waals surface area (Å²) < 4.78 is 36.0. The zero-order valence-corrected chi connectivity index (χ0v) is 10.6. The smallest absolute Gasteiger partial charge is 0.178 e. The number of aliphatic hydroxyl groups excluding tert-OH is 1. The summed E-state index contributed by atoms with van der Waals surface area (Å²) >= 11 is 0. The van der Waals surface area contributed by atoms with E-state index in [-0.39, 0.29) is 17.5 Å². The van der Waals surface area contributed by atoms with Gasteiger partial charge in [0.2, 0.25) is 0 Å². The number of sulfone groups is 1. The highest BCUT2D eigenvalue weighted by Gasteiger charge is 2.15. The number of aliphatic hydroxyl groups is 1. The predicted molar refractivity (Wildman–Crippen MR) is 63.0 cm³/mol. The minimum absolute atomic E-state index is 0.00571. The van der Waals surface area contributed by atoms with E-state index < -0.39 is 15.7 Å². The highest BCUT2D eigenvalue weighted by molar-refractivity contribution is 7.90. The van der Waals surface area contributed by atoms with Gasteiger partial charge in [0.05, 0.1) is 6.61 Å². The van der Waals surface area contributed by atoms with Gasteiger partial charge < -0.3 is 10.4 Å². The molecule has 0 saturated heterocycles. The molecule has 0 aliphatic carbocycles. The van der Waals surface area contributed by atoms with Crippen LogP contribution < -0.4 is 5.32 Å². The third-order valence-electron chi connectivity index (χ3n) is 2.42. The fourth-order valence-corrected chi connectivity index (χ4v) is 2.21. The van der Waals surface area contributed by atoms with Gasteiger partial charge >= 0.3 is 0 Å². The molecule has 1 unspecified atom stereocenters. The van der Waals surface area contributed by atoms with Crippen LogP contribution in [0.3, 0.4) is 0 Å². The lowest BCUT2D eigenvalue weighted by molar-refractivity contribution is 0.286. The van der Waals surface area contributed by atoms with Gasteiger partial charge in [0, 0.05) is 18.8 Å². The highest BCUT2D eigenvalue weighted by Crippen LogP contribution is 2.19. The molecule has 96 valence electrons. The van der Waals surface area contributed by atoms with E-state index >= 15 is 0 Å². The van der Waals surface area contributed by atoms with Crippen molar-refractivity contribution in [2.75, 3.05) is 19.4 Å². The molecule has 0 bridgehead atoms. The Morgan fingerprint density at radius 1 is 1.47 bits per heavy atom. The zero-order chi connectivity index (χ0) is 13.1. The molecular weight excluding hydrogens is 245 g/mol. The van der Waals surface area contributed by atoms with Crippen molar-refractivity contribution in [3.8, 4) is 0 Å². The van der Waals surface area contributed by atoms with Crippen LogP contribution in [0.4, 0.5) is 4.39 Å². The molecule has 17 heavy (non-hydrogen) atoms. The first kappa shape index (κ1) is 14.1. The van der Waals surface area contributed by atoms with E-state index in [0.717, 1.165) is 6.26 Å². The minimum Gasteiger partial charge on any atom is -0.395 e. The maximum Gasteiger partial charge on any atom is 0.178 e. The molecule has 1 rings (SSSR count). The fourth-order valence-electron chi connectivity index (χ4n) is 1.49. The van der Waals surface area contributed by atoms with Gasteiger partial charge in [0.1, 0.15) is 10.7 Å². The Morgan fingerprint density at radius 3 is 2.59 bits per heavy atom. The number of hydrogen-bond acceptors (Lipinski definition) is 4. The topological polar surface area (TPSA) is 66.4 Å². The van der Waals surface area contributed by atoms with E-state index in [4.69, 9.17) is 5.11 Å². The molecule has 0 aromatic heterocycles. The molecule has 4 nitrogen and oxygen atoms in total. The van der Waals surface area contributed by atoms with Crippen molar-refractivity contribution in [2.45, 2.75) is 17.9 Å². The minimum atomic E-state index is -3.53. The molecule has 0 fully saturated rings. The van der Waals surface area contributed by atoms with E-state index in [0.29, 0.717) is 12.1 Å². The highest BCUT2D eigenvalue weighted by atomic mass is 32.2. The average Bonchev–Trinajstić information content (AvgIpc) is 2.23. The predicted octanol–water partition coefficient (Wildman–Crippen LogP) is 0.872. The Labute approximate surface area is 100 Å². The second-order valence-corrected chi connectivity index (χ2v) is 5.85. The van der Waals surface area contributed by atoms with E-state index in [1.165, 1.54) is 12.1 Å². The number of halogens is 1. The Bertz CT molecular complexity index is 487. The van der Waals surface area contributed by atoms with Crippen LogP contribution in [-0.2, 0) is 9.84 Å². The lowest BCUT2D eigenvalue weighted by atomic mass is 10.1. The summed E-state index contributed by atoms with van der Waals surface area (Å²) in [5.74, 6) is -0.748. The van der Waals surface area contributed by atoms with Crippen LogP contribution in [0, 0.1) is 5.82 Å². The van der Waals surface area contributed by atoms with E-state index in [2.05, 4.69) is 5.32 Å². The van der Waals surface area contributed by atoms with Gasteiger partial charge in [-0.25, -0.2) is 12.8 Å². The molecule has 0 amide bonds. The third kappa shape index (κ3) is 3.76. The van der Waals surface area contributed by atoms with Crippen LogP contribution in [0.15, 0.2) is 23.1 Å². The second-order valence-electron chi connectivity index (χ2n) is 3.86. The maximum absolute atomic E-state index is 13.6. The van der Waals surface area contributed by atoms with Crippen molar-refractivity contribution in [3.63, 3.8) is 0 Å². The summed E-state index contributed by atoms with van der Waals surface area (Å²) in [6.07, 6.45) is 0.971. The van der Waals surface area contributed by atoms with Crippen molar-refractivity contribution in [1.29, 1.82) is 0 Å². The lowest BCUT2D eigenvalue weighted by Gasteiger charge is -2.14. The quantitative estimate of drug-likeness (QED) is 0.825. The molecule has 0 saturated carbocycles. The molecule has 2 N–H and O–H groups in total. The van der Waals surface area contributed by atoms with Crippen molar-refractivity contribution < 1.29 is 17.9 Å². The van der Waals surface area contributed by atoms with Crippen LogP contribution in [0.2, 0.25) is 0 Å². The first-order valence-corrected chi connectivity index (χ1v) is 7.09. The molecule has 0 heterocycles. The standard InChI is InChI=1S/C11H16FNO3S/c1-8(13-5-6-14)9-3-4-11(10(12)7-9)17(2,15)16/h3-4,7-8,13-14H,5-6H2,1-2H3. The van der Waals surface area contributed by atoms with Gasteiger partial charge in [0.15, 0.2) is 9.84 Å². The normalized spacial score (nSPS) is 13.6. The van der Waals surface area contributed by atoms with Crippen molar-refractivity contribution >= 4 is 9.84 Å². The molecule has 0 radical (unpaired) electrons. The Hall–Kier alpha value is -0.980. The number of benzene rings is 1. The van der Waals surface area contributed by atoms with Crippen LogP contribution in [0.25, 0.3) is 0 Å². The van der Waals surface area contributed by atoms with Crippen LogP contribution in [0.1, 0.15) is 18.5 Å². The van der Waals surface area contributed by atoms with Crippen molar-refractivity contribution in [2.24, 2.45) is 0 Å². The zero-order valence-electron chi connectivity index (χ0n) is 9.77. The van der Waals surface area contributed by atoms with E-state index in [1.54, 1.807) is 6.07 Å². The SMILES string of the molecule is CC(NCCO)c1ccc(S(C)(=O)=O)c(F)c1. The van der Waals surface area contributed by atoms with Gasteiger partial charge in [0.25, 0.3) is 0 Å². The summed E-state index contributed by atoms with van der Waals surface area (Å²) in [6.45, 7) is 2.20. The molecule has 0 aliphatic heterocycles. The van der Waals surface area contributed by atoms with Gasteiger partial charge in [-0.15, -0.1) is 0 Å². The molecule has 6 heteroatoms. The molecule has 1 atom stereocenters. The lowest BCUT2D eigenvalue weighted by Crippen LogP contribution is -2.22. The van der Waals surface area contributed by atoms with Crippen LogP contribution >= 0.6 is 0 Å². The molecule has 0 aliphatic rings. The second kappa shape index (κ2) is 5.57. The number of nitrogens with one attached hydrogen (secondary N) is 1. The summed E-state index contributed by atoms with van der Waals surface area (Å²) in [7, 11) is -3.53. The van der Waals surface area contributed by atoms with E-state index in [1.807, 2.05) is 6.92 Å². The number of hydrogen-bond donors (Lipinski definition) is 2. The fraction of sp³-hybridized carbons (Fsp3) is 0.455. The van der Waals surface area contributed by atoms with Gasteiger partial charge in [-0.1, -0.05) is 6.07 Å². The summed E-state index contributed by atoms with van der Waals surface area (Å²) in [4.78, 5) is -0.296. The Kier molecular flexibility index (Phi) is 4.62.